The normalized spacial score (nSPS) is 10.6. The maximum Gasteiger partial charge on any atom is 0.338 e. The predicted octanol–water partition coefficient (Wildman–Crippen LogP) is 3.71. The van der Waals surface area contributed by atoms with E-state index in [1.165, 1.54) is 0 Å². The molecule has 3 N–H and O–H groups in total. The molecular formula is C21H17N5O2. The van der Waals surface area contributed by atoms with Gasteiger partial charge in [0, 0.05) is 5.69 Å². The zero-order valence-corrected chi connectivity index (χ0v) is 14.9. The number of anilines is 3. The Labute approximate surface area is 161 Å². The van der Waals surface area contributed by atoms with Crippen molar-refractivity contribution in [3.63, 3.8) is 0 Å². The third-order valence-corrected chi connectivity index (χ3v) is 4.05. The Hall–Kier alpha value is -4.00. The minimum Gasteiger partial charge on any atom is -0.454 e. The number of nitrogens with zero attached hydrogens (tertiary/aromatic N) is 3. The number of para-hydroxylation sites is 1. The molecule has 1 heterocycles. The molecule has 0 aliphatic heterocycles. The lowest BCUT2D eigenvalue weighted by atomic mass is 10.1. The van der Waals surface area contributed by atoms with E-state index in [0.717, 1.165) is 16.5 Å². The van der Waals surface area contributed by atoms with Gasteiger partial charge in [0.15, 0.2) is 12.4 Å². The molecule has 4 rings (SSSR count). The first-order valence-electron chi connectivity index (χ1n) is 8.66. The number of benzene rings is 3. The molecule has 0 aliphatic rings. The Morgan fingerprint density at radius 2 is 1.64 bits per heavy atom. The third-order valence-electron chi connectivity index (χ3n) is 4.05. The van der Waals surface area contributed by atoms with Gasteiger partial charge >= 0.3 is 5.97 Å². The molecule has 7 nitrogen and oxygen atoms in total. The quantitative estimate of drug-likeness (QED) is 0.516. The van der Waals surface area contributed by atoms with Gasteiger partial charge in [-0.05, 0) is 35.0 Å². The number of aromatic nitrogens is 3. The maximum absolute atomic E-state index is 12.4. The van der Waals surface area contributed by atoms with E-state index in [9.17, 15) is 4.79 Å². The first-order valence-corrected chi connectivity index (χ1v) is 8.66. The Kier molecular flexibility index (Phi) is 4.79. The number of carbonyl (C=O) groups excluding carboxylic acids is 1. The van der Waals surface area contributed by atoms with Crippen LogP contribution in [0.5, 0.6) is 0 Å². The second-order valence-electron chi connectivity index (χ2n) is 6.06. The molecule has 3 aromatic carbocycles. The monoisotopic (exact) mass is 371 g/mol. The second kappa shape index (κ2) is 7.71. The van der Waals surface area contributed by atoms with E-state index in [1.54, 1.807) is 12.1 Å². The van der Waals surface area contributed by atoms with E-state index >= 15 is 0 Å². The second-order valence-corrected chi connectivity index (χ2v) is 6.06. The Morgan fingerprint density at radius 1 is 0.893 bits per heavy atom. The van der Waals surface area contributed by atoms with Crippen LogP contribution in [-0.4, -0.2) is 20.9 Å². The van der Waals surface area contributed by atoms with E-state index in [0.29, 0.717) is 5.56 Å². The zero-order chi connectivity index (χ0) is 19.3. The molecule has 0 radical (unpaired) electrons. The molecule has 0 bridgehead atoms. The van der Waals surface area contributed by atoms with Crippen molar-refractivity contribution in [3.05, 3.63) is 84.2 Å². The van der Waals surface area contributed by atoms with Crippen molar-refractivity contribution in [1.82, 2.24) is 15.0 Å². The molecule has 0 unspecified atom stereocenters. The topological polar surface area (TPSA) is 103 Å². The average molecular weight is 371 g/mol. The van der Waals surface area contributed by atoms with E-state index in [2.05, 4.69) is 20.3 Å². The summed E-state index contributed by atoms with van der Waals surface area (Å²) in [5, 5.41) is 5.07. The summed E-state index contributed by atoms with van der Waals surface area (Å²) in [6.45, 7) is -0.109. The highest BCUT2D eigenvalue weighted by Crippen LogP contribution is 2.17. The summed E-state index contributed by atoms with van der Waals surface area (Å²) in [4.78, 5) is 24.7. The highest BCUT2D eigenvalue weighted by molar-refractivity contribution is 5.95. The van der Waals surface area contributed by atoms with Crippen LogP contribution in [-0.2, 0) is 11.3 Å². The van der Waals surface area contributed by atoms with Crippen LogP contribution in [0.1, 0.15) is 16.2 Å². The van der Waals surface area contributed by atoms with Gasteiger partial charge in [-0.1, -0.05) is 48.5 Å². The van der Waals surface area contributed by atoms with Crippen molar-refractivity contribution in [3.8, 4) is 0 Å². The van der Waals surface area contributed by atoms with E-state index in [4.69, 9.17) is 10.5 Å². The van der Waals surface area contributed by atoms with Gasteiger partial charge in [0.2, 0.25) is 11.9 Å². The van der Waals surface area contributed by atoms with Gasteiger partial charge in [0.05, 0.1) is 5.56 Å². The first-order chi connectivity index (χ1) is 13.7. The van der Waals surface area contributed by atoms with Gasteiger partial charge in [0.1, 0.15) is 0 Å². The standard InChI is InChI=1S/C21H17N5O2/c22-20-24-18(25-21(26-20)23-17-8-2-1-3-9-17)13-28-19(27)16-11-10-14-6-4-5-7-15(14)12-16/h1-12H,13H2,(H3,22,23,24,25,26). The van der Waals surface area contributed by atoms with Gasteiger partial charge in [0.25, 0.3) is 0 Å². The first kappa shape index (κ1) is 17.4. The number of carbonyl (C=O) groups is 1. The van der Waals surface area contributed by atoms with Crippen molar-refractivity contribution in [2.24, 2.45) is 0 Å². The summed E-state index contributed by atoms with van der Waals surface area (Å²) in [6.07, 6.45) is 0. The lowest BCUT2D eigenvalue weighted by molar-refractivity contribution is 0.0462. The number of rotatable bonds is 5. The fraction of sp³-hybridized carbons (Fsp3) is 0.0476. The summed E-state index contributed by atoms with van der Waals surface area (Å²) in [7, 11) is 0. The van der Waals surface area contributed by atoms with Crippen LogP contribution in [0, 0.1) is 0 Å². The summed E-state index contributed by atoms with van der Waals surface area (Å²) < 4.78 is 5.35. The molecule has 0 amide bonds. The van der Waals surface area contributed by atoms with Gasteiger partial charge in [-0.25, -0.2) is 4.79 Å². The summed E-state index contributed by atoms with van der Waals surface area (Å²) in [5.41, 5.74) is 7.02. The molecule has 0 fully saturated rings. The van der Waals surface area contributed by atoms with E-state index in [1.807, 2.05) is 60.7 Å². The molecule has 28 heavy (non-hydrogen) atoms. The van der Waals surface area contributed by atoms with Crippen LogP contribution >= 0.6 is 0 Å². The lowest BCUT2D eigenvalue weighted by Gasteiger charge is -2.08. The third kappa shape index (κ3) is 4.04. The van der Waals surface area contributed by atoms with Crippen molar-refractivity contribution in [2.75, 3.05) is 11.1 Å². The molecular weight excluding hydrogens is 354 g/mol. The summed E-state index contributed by atoms with van der Waals surface area (Å²) in [5.74, 6) is 0.142. The fourth-order valence-corrected chi connectivity index (χ4v) is 2.74. The number of nitrogens with two attached hydrogens (primary N) is 1. The molecule has 0 spiro atoms. The van der Waals surface area contributed by atoms with Crippen molar-refractivity contribution < 1.29 is 9.53 Å². The van der Waals surface area contributed by atoms with Crippen LogP contribution in [0.15, 0.2) is 72.8 Å². The number of ether oxygens (including phenoxy) is 1. The lowest BCUT2D eigenvalue weighted by Crippen LogP contribution is -2.11. The molecule has 138 valence electrons. The number of nitrogen functional groups attached to an aromatic ring is 1. The van der Waals surface area contributed by atoms with E-state index < -0.39 is 5.97 Å². The minimum absolute atomic E-state index is 0.0465. The molecule has 0 saturated carbocycles. The van der Waals surface area contributed by atoms with Gasteiger partial charge in [-0.3, -0.25) is 0 Å². The molecule has 1 aromatic heterocycles. The van der Waals surface area contributed by atoms with Gasteiger partial charge in [-0.15, -0.1) is 0 Å². The molecule has 4 aromatic rings. The van der Waals surface area contributed by atoms with Crippen LogP contribution < -0.4 is 11.1 Å². The summed E-state index contributed by atoms with van der Waals surface area (Å²) in [6, 6.07) is 22.6. The minimum atomic E-state index is -0.456. The number of esters is 1. The molecule has 0 atom stereocenters. The van der Waals surface area contributed by atoms with Gasteiger partial charge < -0.3 is 15.8 Å². The van der Waals surface area contributed by atoms with Crippen molar-refractivity contribution in [2.45, 2.75) is 6.61 Å². The number of hydrogen-bond acceptors (Lipinski definition) is 7. The Bertz CT molecular complexity index is 1130. The largest absolute Gasteiger partial charge is 0.454 e. The fourth-order valence-electron chi connectivity index (χ4n) is 2.74. The number of hydrogen-bond donors (Lipinski definition) is 2. The number of fused-ring (bicyclic) bond motifs is 1. The predicted molar refractivity (Wildman–Crippen MR) is 107 cm³/mol. The highest BCUT2D eigenvalue weighted by atomic mass is 16.5. The van der Waals surface area contributed by atoms with Crippen LogP contribution in [0.2, 0.25) is 0 Å². The highest BCUT2D eigenvalue weighted by Gasteiger charge is 2.11. The molecule has 7 heteroatoms. The van der Waals surface area contributed by atoms with Crippen LogP contribution in [0.3, 0.4) is 0 Å². The van der Waals surface area contributed by atoms with E-state index in [-0.39, 0.29) is 24.3 Å². The summed E-state index contributed by atoms with van der Waals surface area (Å²) >= 11 is 0. The SMILES string of the molecule is Nc1nc(COC(=O)c2ccc3ccccc3c2)nc(Nc2ccccc2)n1. The Balaban J connectivity index is 1.47. The molecule has 0 aliphatic carbocycles. The average Bonchev–Trinajstić information content (AvgIpc) is 2.72. The van der Waals surface area contributed by atoms with Crippen LogP contribution in [0.4, 0.5) is 17.6 Å². The maximum atomic E-state index is 12.4. The Morgan fingerprint density at radius 3 is 2.46 bits per heavy atom. The van der Waals surface area contributed by atoms with Crippen LogP contribution in [0.25, 0.3) is 10.8 Å². The van der Waals surface area contributed by atoms with Crippen molar-refractivity contribution >= 4 is 34.3 Å². The molecule has 0 saturated heterocycles. The van der Waals surface area contributed by atoms with Gasteiger partial charge in [-0.2, -0.15) is 15.0 Å². The zero-order valence-electron chi connectivity index (χ0n) is 14.9. The van der Waals surface area contributed by atoms with Crippen molar-refractivity contribution in [1.29, 1.82) is 0 Å². The smallest absolute Gasteiger partial charge is 0.338 e. The number of nitrogens with one attached hydrogen (secondary N) is 1.